The monoisotopic (exact) mass is 323 g/mol. The Kier molecular flexibility index (Phi) is 4.49. The fourth-order valence-electron chi connectivity index (χ4n) is 2.69. The first-order chi connectivity index (χ1) is 11.6. The Hall–Kier alpha value is -2.85. The van der Waals surface area contributed by atoms with E-state index < -0.39 is 5.91 Å². The third-order valence-electron chi connectivity index (χ3n) is 3.87. The van der Waals surface area contributed by atoms with E-state index in [0.29, 0.717) is 5.56 Å². The molecular formula is C17H17N5O2. The summed E-state index contributed by atoms with van der Waals surface area (Å²) in [5.74, 6) is -0.208. The topological polar surface area (TPSA) is 101 Å². The third kappa shape index (κ3) is 3.24. The van der Waals surface area contributed by atoms with E-state index in [2.05, 4.69) is 26.6 Å². The van der Waals surface area contributed by atoms with Gasteiger partial charge in [0.05, 0.1) is 11.3 Å². The summed E-state index contributed by atoms with van der Waals surface area (Å²) in [5, 5.41) is 19.9. The number of nitrogens with zero attached hydrogens (tertiary/aromatic N) is 4. The Morgan fingerprint density at radius 3 is 2.83 bits per heavy atom. The summed E-state index contributed by atoms with van der Waals surface area (Å²) < 4.78 is 5.54. The van der Waals surface area contributed by atoms with Crippen LogP contribution in [0, 0.1) is 25.2 Å². The molecule has 1 N–H and O–H groups in total. The number of anilines is 1. The van der Waals surface area contributed by atoms with Crippen LogP contribution in [0.5, 0.6) is 0 Å². The van der Waals surface area contributed by atoms with Crippen molar-refractivity contribution < 1.29 is 9.53 Å². The first-order valence-electron chi connectivity index (χ1n) is 7.73. The second-order valence-electron chi connectivity index (χ2n) is 5.72. The number of aromatic nitrogens is 3. The van der Waals surface area contributed by atoms with Crippen molar-refractivity contribution >= 4 is 11.7 Å². The molecule has 1 atom stereocenters. The maximum atomic E-state index is 12.3. The standard InChI is InChI=1S/C17H17N5O2/c1-10-8-11(2)19-16(12(10)9-18)20-17(23)14-6-5-13(21-22-14)15-4-3-7-24-15/h5-6,8,15H,3-4,7H2,1-2H3,(H,19,20,23). The van der Waals surface area contributed by atoms with Crippen molar-refractivity contribution in [2.24, 2.45) is 0 Å². The Morgan fingerprint density at radius 2 is 2.21 bits per heavy atom. The molecule has 1 amide bonds. The van der Waals surface area contributed by atoms with E-state index in [-0.39, 0.29) is 17.6 Å². The van der Waals surface area contributed by atoms with Crippen molar-refractivity contribution in [2.75, 3.05) is 11.9 Å². The van der Waals surface area contributed by atoms with Crippen LogP contribution in [0.2, 0.25) is 0 Å². The fraction of sp³-hybridized carbons (Fsp3) is 0.353. The number of carbonyl (C=O) groups excluding carboxylic acids is 1. The van der Waals surface area contributed by atoms with Crippen LogP contribution < -0.4 is 5.32 Å². The first kappa shape index (κ1) is 16.0. The van der Waals surface area contributed by atoms with E-state index in [9.17, 15) is 10.1 Å². The van der Waals surface area contributed by atoms with Gasteiger partial charge in [0.15, 0.2) is 11.5 Å². The lowest BCUT2D eigenvalue weighted by atomic mass is 10.1. The van der Waals surface area contributed by atoms with Gasteiger partial charge in [-0.05, 0) is 50.5 Å². The summed E-state index contributed by atoms with van der Waals surface area (Å²) in [6, 6.07) is 7.21. The van der Waals surface area contributed by atoms with Crippen molar-refractivity contribution in [3.05, 3.63) is 46.4 Å². The molecule has 0 saturated carbocycles. The average molecular weight is 323 g/mol. The molecule has 0 bridgehead atoms. The van der Waals surface area contributed by atoms with Gasteiger partial charge in [-0.3, -0.25) is 4.79 Å². The number of hydrogen-bond donors (Lipinski definition) is 1. The SMILES string of the molecule is Cc1cc(C)c(C#N)c(NC(=O)c2ccc(C3CCCO3)nn2)n1. The molecule has 2 aromatic heterocycles. The van der Waals surface area contributed by atoms with Gasteiger partial charge in [-0.2, -0.15) is 10.4 Å². The van der Waals surface area contributed by atoms with E-state index in [1.54, 1.807) is 32.0 Å². The minimum absolute atomic E-state index is 0.0408. The van der Waals surface area contributed by atoms with E-state index in [1.165, 1.54) is 0 Å². The van der Waals surface area contributed by atoms with Gasteiger partial charge in [-0.15, -0.1) is 5.10 Å². The number of nitrogens with one attached hydrogen (secondary N) is 1. The third-order valence-corrected chi connectivity index (χ3v) is 3.87. The lowest BCUT2D eigenvalue weighted by Crippen LogP contribution is -2.17. The van der Waals surface area contributed by atoms with Crippen molar-refractivity contribution in [3.63, 3.8) is 0 Å². The first-order valence-corrected chi connectivity index (χ1v) is 7.73. The zero-order chi connectivity index (χ0) is 17.1. The van der Waals surface area contributed by atoms with Gasteiger partial charge in [-0.1, -0.05) is 0 Å². The van der Waals surface area contributed by atoms with Gasteiger partial charge < -0.3 is 10.1 Å². The summed E-state index contributed by atoms with van der Waals surface area (Å²) in [6.07, 6.45) is 1.88. The second-order valence-corrected chi connectivity index (χ2v) is 5.72. The summed E-state index contributed by atoms with van der Waals surface area (Å²) in [4.78, 5) is 16.6. The number of amides is 1. The predicted octanol–water partition coefficient (Wildman–Crippen LogP) is 2.46. The number of nitriles is 1. The lowest BCUT2D eigenvalue weighted by molar-refractivity contribution is 0.101. The maximum Gasteiger partial charge on any atom is 0.277 e. The van der Waals surface area contributed by atoms with Crippen LogP contribution in [0.1, 0.15) is 51.9 Å². The van der Waals surface area contributed by atoms with Gasteiger partial charge in [-0.25, -0.2) is 4.98 Å². The molecule has 1 fully saturated rings. The number of ether oxygens (including phenoxy) is 1. The van der Waals surface area contributed by atoms with Gasteiger partial charge >= 0.3 is 0 Å². The van der Waals surface area contributed by atoms with Crippen LogP contribution in [-0.2, 0) is 4.74 Å². The molecule has 1 saturated heterocycles. The predicted molar refractivity (Wildman–Crippen MR) is 86.3 cm³/mol. The highest BCUT2D eigenvalue weighted by atomic mass is 16.5. The highest BCUT2D eigenvalue weighted by Gasteiger charge is 2.20. The van der Waals surface area contributed by atoms with Gasteiger partial charge in [0.2, 0.25) is 0 Å². The number of carbonyl (C=O) groups is 1. The van der Waals surface area contributed by atoms with Crippen LogP contribution >= 0.6 is 0 Å². The minimum atomic E-state index is -0.449. The molecule has 7 nitrogen and oxygen atoms in total. The van der Waals surface area contributed by atoms with Crippen LogP contribution in [0.4, 0.5) is 5.82 Å². The molecule has 0 spiro atoms. The summed E-state index contributed by atoms with van der Waals surface area (Å²) in [7, 11) is 0. The van der Waals surface area contributed by atoms with Crippen molar-refractivity contribution in [1.29, 1.82) is 5.26 Å². The van der Waals surface area contributed by atoms with E-state index in [0.717, 1.165) is 36.4 Å². The molecule has 0 radical (unpaired) electrons. The molecule has 1 unspecified atom stereocenters. The quantitative estimate of drug-likeness (QED) is 0.931. The molecule has 3 rings (SSSR count). The molecular weight excluding hydrogens is 306 g/mol. The molecule has 0 aliphatic carbocycles. The van der Waals surface area contributed by atoms with E-state index in [1.807, 2.05) is 0 Å². The largest absolute Gasteiger partial charge is 0.372 e. The molecule has 3 heterocycles. The van der Waals surface area contributed by atoms with Gasteiger partial charge in [0.1, 0.15) is 12.2 Å². The van der Waals surface area contributed by atoms with Crippen LogP contribution in [0.25, 0.3) is 0 Å². The molecule has 122 valence electrons. The molecule has 2 aromatic rings. The number of hydrogen-bond acceptors (Lipinski definition) is 6. The highest BCUT2D eigenvalue weighted by molar-refractivity contribution is 6.02. The molecule has 0 aromatic carbocycles. The molecule has 24 heavy (non-hydrogen) atoms. The Balaban J connectivity index is 1.79. The number of aryl methyl sites for hydroxylation is 2. The van der Waals surface area contributed by atoms with E-state index in [4.69, 9.17) is 4.74 Å². The Bertz CT molecular complexity index is 805. The smallest absolute Gasteiger partial charge is 0.277 e. The van der Waals surface area contributed by atoms with Gasteiger partial charge in [0, 0.05) is 12.3 Å². The van der Waals surface area contributed by atoms with Crippen LogP contribution in [-0.4, -0.2) is 27.7 Å². The van der Waals surface area contributed by atoms with Crippen molar-refractivity contribution in [3.8, 4) is 6.07 Å². The Morgan fingerprint density at radius 1 is 1.38 bits per heavy atom. The number of pyridine rings is 1. The molecule has 1 aliphatic heterocycles. The minimum Gasteiger partial charge on any atom is -0.372 e. The second kappa shape index (κ2) is 6.72. The number of rotatable bonds is 3. The normalized spacial score (nSPS) is 16.6. The zero-order valence-corrected chi connectivity index (χ0v) is 13.5. The Labute approximate surface area is 139 Å². The highest BCUT2D eigenvalue weighted by Crippen LogP contribution is 2.26. The molecule has 7 heteroatoms. The summed E-state index contributed by atoms with van der Waals surface area (Å²) >= 11 is 0. The summed E-state index contributed by atoms with van der Waals surface area (Å²) in [5.41, 5.74) is 2.73. The van der Waals surface area contributed by atoms with Crippen LogP contribution in [0.15, 0.2) is 18.2 Å². The lowest BCUT2D eigenvalue weighted by Gasteiger charge is -2.10. The molecule has 1 aliphatic rings. The van der Waals surface area contributed by atoms with Crippen LogP contribution in [0.3, 0.4) is 0 Å². The fourth-order valence-corrected chi connectivity index (χ4v) is 2.69. The van der Waals surface area contributed by atoms with Crippen molar-refractivity contribution in [1.82, 2.24) is 15.2 Å². The van der Waals surface area contributed by atoms with E-state index >= 15 is 0 Å². The maximum absolute atomic E-state index is 12.3. The van der Waals surface area contributed by atoms with Gasteiger partial charge in [0.25, 0.3) is 5.91 Å². The summed E-state index contributed by atoms with van der Waals surface area (Å²) in [6.45, 7) is 4.34. The van der Waals surface area contributed by atoms with Crippen molar-refractivity contribution in [2.45, 2.75) is 32.8 Å². The zero-order valence-electron chi connectivity index (χ0n) is 13.5. The average Bonchev–Trinajstić information content (AvgIpc) is 3.09.